The van der Waals surface area contributed by atoms with Gasteiger partial charge in [0.05, 0.1) is 0 Å². The molecule has 19 heavy (non-hydrogen) atoms. The molecule has 0 aliphatic heterocycles. The standard InChI is InChI=1S/C14H22N2O3/c1-4-5-12(13(17)18)15-14(19)16(11-6-7-11)9-8-10(2)3/h1,10-12H,5-9H2,2-3H3,(H,15,19)(H,17,18). The van der Waals surface area contributed by atoms with Crippen LogP contribution in [0.4, 0.5) is 4.79 Å². The number of rotatable bonds is 7. The van der Waals surface area contributed by atoms with Crippen molar-refractivity contribution in [2.24, 2.45) is 5.92 Å². The van der Waals surface area contributed by atoms with E-state index >= 15 is 0 Å². The van der Waals surface area contributed by atoms with Crippen LogP contribution in [-0.4, -0.2) is 40.6 Å². The molecule has 0 radical (unpaired) electrons. The molecule has 2 N–H and O–H groups in total. The number of terminal acetylenes is 1. The van der Waals surface area contributed by atoms with Crippen molar-refractivity contribution >= 4 is 12.0 Å². The number of carbonyl (C=O) groups excluding carboxylic acids is 1. The first-order valence-electron chi connectivity index (χ1n) is 6.69. The fourth-order valence-corrected chi connectivity index (χ4v) is 1.78. The Morgan fingerprint density at radius 3 is 2.53 bits per heavy atom. The zero-order chi connectivity index (χ0) is 14.4. The van der Waals surface area contributed by atoms with Crippen LogP contribution < -0.4 is 5.32 Å². The smallest absolute Gasteiger partial charge is 0.327 e. The Balaban J connectivity index is 2.56. The molecule has 1 atom stereocenters. The van der Waals surface area contributed by atoms with Gasteiger partial charge in [-0.05, 0) is 25.2 Å². The van der Waals surface area contributed by atoms with Crippen LogP contribution in [0.25, 0.3) is 0 Å². The van der Waals surface area contributed by atoms with Gasteiger partial charge in [-0.3, -0.25) is 0 Å². The summed E-state index contributed by atoms with van der Waals surface area (Å²) in [5.74, 6) is 1.69. The molecule has 0 heterocycles. The van der Waals surface area contributed by atoms with Crippen LogP contribution in [0.2, 0.25) is 0 Å². The van der Waals surface area contributed by atoms with Crippen molar-refractivity contribution in [1.82, 2.24) is 10.2 Å². The SMILES string of the molecule is C#CCC(NC(=O)N(CCC(C)C)C1CC1)C(=O)O. The summed E-state index contributed by atoms with van der Waals surface area (Å²) in [6.45, 7) is 4.86. The Labute approximate surface area is 114 Å². The van der Waals surface area contributed by atoms with Crippen molar-refractivity contribution in [1.29, 1.82) is 0 Å². The lowest BCUT2D eigenvalue weighted by Crippen LogP contribution is -2.49. The zero-order valence-corrected chi connectivity index (χ0v) is 11.6. The second kappa shape index (κ2) is 7.03. The predicted molar refractivity (Wildman–Crippen MR) is 72.6 cm³/mol. The highest BCUT2D eigenvalue weighted by atomic mass is 16.4. The van der Waals surface area contributed by atoms with E-state index in [0.717, 1.165) is 19.3 Å². The van der Waals surface area contributed by atoms with Gasteiger partial charge in [-0.1, -0.05) is 13.8 Å². The molecule has 0 spiro atoms. The lowest BCUT2D eigenvalue weighted by atomic mass is 10.1. The average Bonchev–Trinajstić information content (AvgIpc) is 3.12. The van der Waals surface area contributed by atoms with Gasteiger partial charge in [0.25, 0.3) is 0 Å². The summed E-state index contributed by atoms with van der Waals surface area (Å²) < 4.78 is 0. The maximum Gasteiger partial charge on any atom is 0.327 e. The highest BCUT2D eigenvalue weighted by molar-refractivity contribution is 5.83. The highest BCUT2D eigenvalue weighted by Gasteiger charge is 2.33. The molecule has 5 nitrogen and oxygen atoms in total. The minimum atomic E-state index is -1.09. The van der Waals surface area contributed by atoms with Gasteiger partial charge >= 0.3 is 12.0 Å². The van der Waals surface area contributed by atoms with Crippen LogP contribution in [-0.2, 0) is 4.79 Å². The van der Waals surface area contributed by atoms with Gasteiger partial charge in [0.15, 0.2) is 0 Å². The van der Waals surface area contributed by atoms with Crippen LogP contribution >= 0.6 is 0 Å². The maximum absolute atomic E-state index is 12.1. The second-order valence-corrected chi connectivity index (χ2v) is 5.36. The molecule has 0 bridgehead atoms. The van der Waals surface area contributed by atoms with E-state index in [-0.39, 0.29) is 18.5 Å². The number of hydrogen-bond donors (Lipinski definition) is 2. The van der Waals surface area contributed by atoms with E-state index in [0.29, 0.717) is 12.5 Å². The highest BCUT2D eigenvalue weighted by Crippen LogP contribution is 2.27. The van der Waals surface area contributed by atoms with E-state index in [1.807, 2.05) is 0 Å². The van der Waals surface area contributed by atoms with Gasteiger partial charge in [0.2, 0.25) is 0 Å². The number of carboxylic acid groups (broad SMARTS) is 1. The first-order chi connectivity index (χ1) is 8.95. The summed E-state index contributed by atoms with van der Waals surface area (Å²) >= 11 is 0. The van der Waals surface area contributed by atoms with E-state index in [1.54, 1.807) is 4.90 Å². The van der Waals surface area contributed by atoms with Gasteiger partial charge in [-0.15, -0.1) is 12.3 Å². The zero-order valence-electron chi connectivity index (χ0n) is 11.6. The molecule has 1 unspecified atom stereocenters. The molecule has 1 fully saturated rings. The summed E-state index contributed by atoms with van der Waals surface area (Å²) in [7, 11) is 0. The number of hydrogen-bond acceptors (Lipinski definition) is 2. The van der Waals surface area contributed by atoms with Crippen LogP contribution in [0, 0.1) is 18.3 Å². The molecule has 2 amide bonds. The molecule has 0 aromatic carbocycles. The van der Waals surface area contributed by atoms with Gasteiger partial charge in [0, 0.05) is 19.0 Å². The number of carboxylic acids is 1. The number of amides is 2. The molecule has 0 aromatic heterocycles. The Morgan fingerprint density at radius 2 is 2.11 bits per heavy atom. The first kappa shape index (κ1) is 15.4. The molecule has 1 rings (SSSR count). The average molecular weight is 266 g/mol. The fraction of sp³-hybridized carbons (Fsp3) is 0.714. The molecule has 1 aliphatic carbocycles. The Hall–Kier alpha value is -1.70. The summed E-state index contributed by atoms with van der Waals surface area (Å²) in [5, 5.41) is 11.5. The van der Waals surface area contributed by atoms with E-state index in [9.17, 15) is 9.59 Å². The summed E-state index contributed by atoms with van der Waals surface area (Å²) in [6, 6.07) is -1.05. The molecule has 0 aromatic rings. The van der Waals surface area contributed by atoms with Crippen LogP contribution in [0.3, 0.4) is 0 Å². The lowest BCUT2D eigenvalue weighted by Gasteiger charge is -2.25. The van der Waals surface area contributed by atoms with E-state index < -0.39 is 12.0 Å². The van der Waals surface area contributed by atoms with E-state index in [1.165, 1.54) is 0 Å². The normalized spacial score (nSPS) is 15.7. The molecule has 106 valence electrons. The van der Waals surface area contributed by atoms with Gasteiger partial charge in [-0.25, -0.2) is 9.59 Å². The molecular formula is C14H22N2O3. The number of urea groups is 1. The topological polar surface area (TPSA) is 69.6 Å². The third-order valence-electron chi connectivity index (χ3n) is 3.11. The molecule has 5 heteroatoms. The maximum atomic E-state index is 12.1. The van der Waals surface area contributed by atoms with Gasteiger partial charge < -0.3 is 15.3 Å². The van der Waals surface area contributed by atoms with Crippen molar-refractivity contribution in [3.8, 4) is 12.3 Å². The Morgan fingerprint density at radius 1 is 1.47 bits per heavy atom. The van der Waals surface area contributed by atoms with Crippen LogP contribution in [0.1, 0.15) is 39.5 Å². The lowest BCUT2D eigenvalue weighted by molar-refractivity contribution is -0.139. The number of carbonyl (C=O) groups is 2. The minimum Gasteiger partial charge on any atom is -0.480 e. The van der Waals surface area contributed by atoms with Crippen molar-refractivity contribution in [2.45, 2.75) is 51.6 Å². The number of aliphatic carboxylic acids is 1. The fourth-order valence-electron chi connectivity index (χ4n) is 1.78. The first-order valence-corrected chi connectivity index (χ1v) is 6.69. The van der Waals surface area contributed by atoms with E-state index in [2.05, 4.69) is 25.1 Å². The second-order valence-electron chi connectivity index (χ2n) is 5.36. The van der Waals surface area contributed by atoms with Crippen LogP contribution in [0.5, 0.6) is 0 Å². The molecule has 1 saturated carbocycles. The quantitative estimate of drug-likeness (QED) is 0.689. The van der Waals surface area contributed by atoms with E-state index in [4.69, 9.17) is 11.5 Å². The minimum absolute atomic E-state index is 0.00373. The predicted octanol–water partition coefficient (Wildman–Crippen LogP) is 1.68. The summed E-state index contributed by atoms with van der Waals surface area (Å²) in [6.07, 6.45) is 8.03. The number of nitrogens with zero attached hydrogens (tertiary/aromatic N) is 1. The molecular weight excluding hydrogens is 244 g/mol. The molecule has 1 aliphatic rings. The summed E-state index contributed by atoms with van der Waals surface area (Å²) in [5.41, 5.74) is 0. The largest absolute Gasteiger partial charge is 0.480 e. The van der Waals surface area contributed by atoms with Gasteiger partial charge in [0.1, 0.15) is 6.04 Å². The monoisotopic (exact) mass is 266 g/mol. The Kier molecular flexibility index (Phi) is 5.68. The third-order valence-corrected chi connectivity index (χ3v) is 3.11. The van der Waals surface area contributed by atoms with Crippen LogP contribution in [0.15, 0.2) is 0 Å². The van der Waals surface area contributed by atoms with Crippen molar-refractivity contribution < 1.29 is 14.7 Å². The van der Waals surface area contributed by atoms with Gasteiger partial charge in [-0.2, -0.15) is 0 Å². The third kappa shape index (κ3) is 5.21. The van der Waals surface area contributed by atoms with Crippen molar-refractivity contribution in [3.05, 3.63) is 0 Å². The van der Waals surface area contributed by atoms with Crippen molar-refractivity contribution in [3.63, 3.8) is 0 Å². The molecule has 0 saturated heterocycles. The Bertz CT molecular complexity index is 369. The van der Waals surface area contributed by atoms with Crippen molar-refractivity contribution in [2.75, 3.05) is 6.54 Å². The number of nitrogens with one attached hydrogen (secondary N) is 1. The summed E-state index contributed by atoms with van der Waals surface area (Å²) in [4.78, 5) is 24.8.